The molecule has 0 spiro atoms. The average molecular weight is 411 g/mol. The van der Waals surface area contributed by atoms with E-state index in [9.17, 15) is 9.59 Å². The Kier molecular flexibility index (Phi) is 5.70. The first-order valence-corrected chi connectivity index (χ1v) is 9.21. The van der Waals surface area contributed by atoms with Crippen molar-refractivity contribution in [2.24, 2.45) is 0 Å². The van der Waals surface area contributed by atoms with Gasteiger partial charge in [-0.25, -0.2) is 4.79 Å². The first-order chi connectivity index (χ1) is 12.5. The summed E-state index contributed by atoms with van der Waals surface area (Å²) in [6.07, 6.45) is 0. The predicted molar refractivity (Wildman–Crippen MR) is 101 cm³/mol. The van der Waals surface area contributed by atoms with E-state index in [2.05, 4.69) is 10.6 Å². The van der Waals surface area contributed by atoms with Crippen LogP contribution in [0.2, 0.25) is 10.0 Å². The lowest BCUT2D eigenvalue weighted by molar-refractivity contribution is -0.704. The molecule has 1 unspecified atom stereocenters. The summed E-state index contributed by atoms with van der Waals surface area (Å²) in [5.74, 6) is -0.320. The fraction of sp³-hybridized carbons (Fsp3) is 0.118. The summed E-state index contributed by atoms with van der Waals surface area (Å²) >= 11 is 13.1. The number of para-hydroxylation sites is 1. The van der Waals surface area contributed by atoms with Gasteiger partial charge in [-0.3, -0.25) is 9.32 Å². The minimum absolute atomic E-state index is 0.260. The molecule has 0 aliphatic carbocycles. The Morgan fingerprint density at radius 3 is 2.69 bits per heavy atom. The molecule has 2 N–H and O–H groups in total. The molecule has 0 fully saturated rings. The number of carbonyl (C=O) groups excluding carboxylic acids is 1. The molecule has 0 aliphatic rings. The molecule has 2 aromatic carbocycles. The molecular weight excluding hydrogens is 397 g/mol. The number of rotatable bonds is 5. The minimum Gasteiger partial charge on any atom is -0.324 e. The van der Waals surface area contributed by atoms with Crippen LogP contribution >= 0.6 is 35.0 Å². The predicted octanol–water partition coefficient (Wildman–Crippen LogP) is 3.67. The van der Waals surface area contributed by atoms with Crippen molar-refractivity contribution < 1.29 is 14.0 Å². The Morgan fingerprint density at radius 1 is 1.23 bits per heavy atom. The van der Waals surface area contributed by atoms with E-state index < -0.39 is 10.9 Å². The van der Waals surface area contributed by atoms with E-state index >= 15 is 0 Å². The Balaban J connectivity index is 1.79. The van der Waals surface area contributed by atoms with Gasteiger partial charge >= 0.3 is 10.7 Å². The number of carbonyl (C=O) groups is 1. The number of halogens is 2. The van der Waals surface area contributed by atoms with E-state index in [1.165, 1.54) is 4.68 Å². The molecule has 134 valence electrons. The second-order valence-corrected chi connectivity index (χ2v) is 7.50. The van der Waals surface area contributed by atoms with Crippen molar-refractivity contribution >= 4 is 46.6 Å². The van der Waals surface area contributed by atoms with Crippen molar-refractivity contribution in [3.8, 4) is 5.69 Å². The summed E-state index contributed by atoms with van der Waals surface area (Å²) in [5.41, 5.74) is 0.569. The average Bonchev–Trinajstić information content (AvgIpc) is 2.99. The van der Waals surface area contributed by atoms with Gasteiger partial charge in [0.25, 0.3) is 0 Å². The highest BCUT2D eigenvalue weighted by Gasteiger charge is 2.29. The van der Waals surface area contributed by atoms with Crippen LogP contribution in [0.1, 0.15) is 6.92 Å². The molecule has 9 heteroatoms. The molecule has 0 bridgehead atoms. The second kappa shape index (κ2) is 7.99. The number of aromatic amines is 1. The molecule has 1 atom stereocenters. The summed E-state index contributed by atoms with van der Waals surface area (Å²) in [7, 11) is 0. The number of aromatic nitrogens is 2. The number of hydrogen-bond donors (Lipinski definition) is 2. The molecule has 26 heavy (non-hydrogen) atoms. The van der Waals surface area contributed by atoms with Crippen LogP contribution in [0, 0.1) is 0 Å². The van der Waals surface area contributed by atoms with E-state index in [-0.39, 0.29) is 10.9 Å². The first kappa shape index (κ1) is 18.6. The van der Waals surface area contributed by atoms with Gasteiger partial charge < -0.3 is 5.32 Å². The van der Waals surface area contributed by atoms with Gasteiger partial charge in [0.1, 0.15) is 0 Å². The maximum absolute atomic E-state index is 12.5. The number of nitrogens with zero attached hydrogens (tertiary/aromatic N) is 1. The normalized spacial score (nSPS) is 12.0. The molecule has 0 aliphatic heterocycles. The van der Waals surface area contributed by atoms with E-state index in [4.69, 9.17) is 27.7 Å². The molecule has 6 nitrogen and oxygen atoms in total. The maximum atomic E-state index is 12.5. The van der Waals surface area contributed by atoms with Gasteiger partial charge in [0, 0.05) is 17.2 Å². The van der Waals surface area contributed by atoms with Crippen LogP contribution in [-0.4, -0.2) is 16.4 Å². The number of hydrogen-bond acceptors (Lipinski definition) is 4. The monoisotopic (exact) mass is 410 g/mol. The number of benzene rings is 2. The molecule has 1 aromatic heterocycles. The number of thioether (sulfide) groups is 1. The Labute approximate surface area is 163 Å². The topological polar surface area (TPSA) is 79.0 Å². The molecule has 3 aromatic rings. The van der Waals surface area contributed by atoms with Crippen molar-refractivity contribution in [3.05, 3.63) is 69.0 Å². The second-order valence-electron chi connectivity index (χ2n) is 5.33. The maximum Gasteiger partial charge on any atom is 0.442 e. The Bertz CT molecular complexity index is 988. The van der Waals surface area contributed by atoms with Crippen LogP contribution in [-0.2, 0) is 4.79 Å². The van der Waals surface area contributed by atoms with Crippen LogP contribution in [0.15, 0.2) is 62.9 Å². The van der Waals surface area contributed by atoms with E-state index in [0.29, 0.717) is 21.4 Å². The van der Waals surface area contributed by atoms with Gasteiger partial charge in [-0.05, 0) is 46.8 Å². The van der Waals surface area contributed by atoms with Crippen molar-refractivity contribution in [1.82, 2.24) is 5.27 Å². The lowest BCUT2D eigenvalue weighted by Gasteiger charge is -2.11. The standard InChI is InChI=1S/C17H13Cl2N3O3S/c1-10(15(23)20-14-9-11(18)7-8-13(14)19)26-16-17(24)25-21-22(16)12-5-3-2-4-6-12/h2-10H,1H3,(H-,20,21,23,24)/p+1. The zero-order valence-electron chi connectivity index (χ0n) is 13.5. The number of anilines is 1. The van der Waals surface area contributed by atoms with Crippen molar-refractivity contribution in [3.63, 3.8) is 0 Å². The lowest BCUT2D eigenvalue weighted by Crippen LogP contribution is -2.37. The van der Waals surface area contributed by atoms with Crippen LogP contribution in [0.3, 0.4) is 0 Å². The summed E-state index contributed by atoms with van der Waals surface area (Å²) in [5, 5.41) is 5.76. The molecule has 0 saturated heterocycles. The SMILES string of the molecule is CC(Sc1c(=O)o[nH][n+]1-c1ccccc1)C(=O)Nc1cc(Cl)ccc1Cl. The van der Waals surface area contributed by atoms with Gasteiger partial charge in [0.2, 0.25) is 11.6 Å². The highest BCUT2D eigenvalue weighted by molar-refractivity contribution is 8.00. The van der Waals surface area contributed by atoms with Gasteiger partial charge in [-0.15, -0.1) is 0 Å². The molecule has 0 saturated carbocycles. The Morgan fingerprint density at radius 2 is 1.96 bits per heavy atom. The van der Waals surface area contributed by atoms with Gasteiger partial charge in [0.05, 0.1) is 16.0 Å². The van der Waals surface area contributed by atoms with Crippen molar-refractivity contribution in [2.45, 2.75) is 17.2 Å². The summed E-state index contributed by atoms with van der Waals surface area (Å²) in [4.78, 5) is 24.5. The molecular formula is C17H14Cl2N3O3S+. The third-order valence-electron chi connectivity index (χ3n) is 3.47. The van der Waals surface area contributed by atoms with Gasteiger partial charge in [-0.1, -0.05) is 41.4 Å². The highest BCUT2D eigenvalue weighted by atomic mass is 35.5. The minimum atomic E-state index is -0.585. The number of H-pyrrole nitrogens is 1. The third-order valence-corrected chi connectivity index (χ3v) is 5.17. The number of amides is 1. The quantitative estimate of drug-likeness (QED) is 0.496. The smallest absolute Gasteiger partial charge is 0.324 e. The summed E-state index contributed by atoms with van der Waals surface area (Å²) in [6, 6.07) is 13.9. The van der Waals surface area contributed by atoms with Crippen LogP contribution in [0.25, 0.3) is 5.69 Å². The lowest BCUT2D eigenvalue weighted by atomic mass is 10.3. The summed E-state index contributed by atoms with van der Waals surface area (Å²) in [6.45, 7) is 1.68. The Hall–Kier alpha value is -2.22. The summed E-state index contributed by atoms with van der Waals surface area (Å²) < 4.78 is 6.36. The van der Waals surface area contributed by atoms with Crippen molar-refractivity contribution in [2.75, 3.05) is 5.32 Å². The zero-order chi connectivity index (χ0) is 18.7. The fourth-order valence-corrected chi connectivity index (χ4v) is 3.38. The zero-order valence-corrected chi connectivity index (χ0v) is 15.9. The van der Waals surface area contributed by atoms with Crippen LogP contribution in [0.4, 0.5) is 5.69 Å². The molecule has 3 rings (SSSR count). The molecule has 1 amide bonds. The molecule has 0 radical (unpaired) electrons. The fourth-order valence-electron chi connectivity index (χ4n) is 2.16. The van der Waals surface area contributed by atoms with Gasteiger partial charge in [0.15, 0.2) is 0 Å². The molecule has 1 heterocycles. The third kappa shape index (κ3) is 4.12. The first-order valence-electron chi connectivity index (χ1n) is 7.57. The highest BCUT2D eigenvalue weighted by Crippen LogP contribution is 2.27. The van der Waals surface area contributed by atoms with E-state index in [1.807, 2.05) is 30.3 Å². The van der Waals surface area contributed by atoms with Crippen LogP contribution < -0.4 is 15.6 Å². The largest absolute Gasteiger partial charge is 0.442 e. The van der Waals surface area contributed by atoms with Crippen LogP contribution in [0.5, 0.6) is 0 Å². The van der Waals surface area contributed by atoms with E-state index in [0.717, 1.165) is 11.8 Å². The van der Waals surface area contributed by atoms with Crippen molar-refractivity contribution in [1.29, 1.82) is 0 Å². The van der Waals surface area contributed by atoms with E-state index in [1.54, 1.807) is 25.1 Å². The van der Waals surface area contributed by atoms with Gasteiger partial charge in [-0.2, -0.15) is 0 Å². The number of nitrogens with one attached hydrogen (secondary N) is 2.